The quantitative estimate of drug-likeness (QED) is 0.528. The number of aromatic amines is 1. The Morgan fingerprint density at radius 2 is 2.12 bits per heavy atom. The van der Waals surface area contributed by atoms with Crippen molar-refractivity contribution < 1.29 is 18.0 Å². The Bertz CT molecular complexity index is 934. The topological polar surface area (TPSA) is 71.8 Å². The Hall–Kier alpha value is -2.74. The van der Waals surface area contributed by atoms with Crippen LogP contribution in [0.5, 0.6) is 0 Å². The number of aryl methyl sites for hydroxylation is 1. The van der Waals surface area contributed by atoms with Crippen LogP contribution < -0.4 is 0 Å². The van der Waals surface area contributed by atoms with E-state index in [9.17, 15) is 13.6 Å². The minimum absolute atomic E-state index is 0.0985. The van der Waals surface area contributed by atoms with E-state index in [0.717, 1.165) is 35.7 Å². The third-order valence-electron chi connectivity index (χ3n) is 3.21. The van der Waals surface area contributed by atoms with Gasteiger partial charge in [0, 0.05) is 0 Å². The lowest BCUT2D eigenvalue weighted by Crippen LogP contribution is -2.06. The van der Waals surface area contributed by atoms with E-state index in [1.807, 2.05) is 19.1 Å². The van der Waals surface area contributed by atoms with Crippen LogP contribution in [0.1, 0.15) is 27.7 Å². The molecule has 0 radical (unpaired) electrons. The number of rotatable bonds is 6. The summed E-state index contributed by atoms with van der Waals surface area (Å²) >= 11 is 1.04. The van der Waals surface area contributed by atoms with Gasteiger partial charge in [-0.1, -0.05) is 11.8 Å². The van der Waals surface area contributed by atoms with Crippen LogP contribution in [-0.4, -0.2) is 26.7 Å². The minimum Gasteiger partial charge on any atom is -0.462 e. The second-order valence-electron chi connectivity index (χ2n) is 5.12. The lowest BCUT2D eigenvalue weighted by atomic mass is 10.1. The van der Waals surface area contributed by atoms with Crippen molar-refractivity contribution in [2.24, 2.45) is 0 Å². The molecule has 2 heterocycles. The number of halogens is 2. The van der Waals surface area contributed by atoms with Crippen molar-refractivity contribution in [3.05, 3.63) is 64.9 Å². The first kappa shape index (κ1) is 17.1. The molecule has 3 aromatic rings. The second-order valence-corrected chi connectivity index (χ2v) is 6.06. The summed E-state index contributed by atoms with van der Waals surface area (Å²) in [5.74, 6) is -0.0708. The van der Waals surface area contributed by atoms with Crippen LogP contribution in [0.4, 0.5) is 8.78 Å². The molecule has 0 amide bonds. The third-order valence-corrected chi connectivity index (χ3v) is 4.06. The number of nitrogens with zero attached hydrogens (tertiary/aromatic N) is 2. The van der Waals surface area contributed by atoms with Gasteiger partial charge in [-0.3, -0.25) is 9.89 Å². The molecule has 2 aromatic heterocycles. The average molecular weight is 361 g/mol. The van der Waals surface area contributed by atoms with Crippen molar-refractivity contribution in [1.29, 1.82) is 0 Å². The number of Topliss-reactive ketones (excluding diaryl/α,β-unsaturated/α-hetero) is 1. The molecule has 1 aromatic carbocycles. The zero-order valence-corrected chi connectivity index (χ0v) is 13.9. The van der Waals surface area contributed by atoms with Gasteiger partial charge in [0.15, 0.2) is 5.78 Å². The number of furan rings is 1. The summed E-state index contributed by atoms with van der Waals surface area (Å²) in [6.07, 6.45) is 3.42. The Kier molecular flexibility index (Phi) is 5.08. The Morgan fingerprint density at radius 3 is 2.88 bits per heavy atom. The molecular weight excluding hydrogens is 348 g/mol. The van der Waals surface area contributed by atoms with Crippen LogP contribution in [-0.2, 0) is 0 Å². The van der Waals surface area contributed by atoms with Gasteiger partial charge in [-0.15, -0.1) is 5.10 Å². The molecule has 128 valence electrons. The first-order valence-corrected chi connectivity index (χ1v) is 8.28. The molecule has 0 unspecified atom stereocenters. The number of ketones is 1. The maximum Gasteiger partial charge on any atom is 0.209 e. The smallest absolute Gasteiger partial charge is 0.209 e. The highest BCUT2D eigenvalue weighted by molar-refractivity contribution is 7.99. The summed E-state index contributed by atoms with van der Waals surface area (Å²) in [4.78, 5) is 16.2. The average Bonchev–Trinajstić information content (AvgIpc) is 3.21. The summed E-state index contributed by atoms with van der Waals surface area (Å²) in [6, 6.07) is 6.45. The first-order chi connectivity index (χ1) is 12.0. The number of nitrogens with one attached hydrogen (secondary N) is 1. The molecule has 0 atom stereocenters. The van der Waals surface area contributed by atoms with Gasteiger partial charge < -0.3 is 4.42 Å². The van der Waals surface area contributed by atoms with Crippen LogP contribution in [0.3, 0.4) is 0 Å². The molecule has 5 nitrogen and oxygen atoms in total. The SMILES string of the molecule is Cc1ccc(C=Cc2nc(SCC(=O)c3cc(F)ccc3F)n[nH]2)o1. The summed E-state index contributed by atoms with van der Waals surface area (Å²) in [5, 5.41) is 7.01. The number of H-pyrrole nitrogens is 1. The van der Waals surface area contributed by atoms with E-state index < -0.39 is 17.4 Å². The van der Waals surface area contributed by atoms with Crippen molar-refractivity contribution in [3.8, 4) is 0 Å². The molecule has 1 N–H and O–H groups in total. The van der Waals surface area contributed by atoms with Crippen molar-refractivity contribution in [3.63, 3.8) is 0 Å². The molecule has 8 heteroatoms. The van der Waals surface area contributed by atoms with Gasteiger partial charge in [0.1, 0.15) is 29.0 Å². The second kappa shape index (κ2) is 7.43. The fourth-order valence-electron chi connectivity index (χ4n) is 2.02. The van der Waals surface area contributed by atoms with Crippen molar-refractivity contribution in [1.82, 2.24) is 15.2 Å². The van der Waals surface area contributed by atoms with Gasteiger partial charge in [-0.25, -0.2) is 13.8 Å². The van der Waals surface area contributed by atoms with E-state index in [2.05, 4.69) is 15.2 Å². The Balaban J connectivity index is 1.61. The highest BCUT2D eigenvalue weighted by Gasteiger charge is 2.14. The maximum absolute atomic E-state index is 13.6. The van der Waals surface area contributed by atoms with Gasteiger partial charge in [0.25, 0.3) is 0 Å². The summed E-state index contributed by atoms with van der Waals surface area (Å²) in [6.45, 7) is 1.85. The number of aromatic nitrogens is 3. The van der Waals surface area contributed by atoms with E-state index in [4.69, 9.17) is 4.42 Å². The summed E-state index contributed by atoms with van der Waals surface area (Å²) < 4.78 is 32.1. The molecule has 0 aliphatic carbocycles. The maximum atomic E-state index is 13.6. The number of benzene rings is 1. The lowest BCUT2D eigenvalue weighted by molar-refractivity contribution is 0.101. The molecule has 0 bridgehead atoms. The monoisotopic (exact) mass is 361 g/mol. The number of hydrogen-bond donors (Lipinski definition) is 1. The molecule has 0 saturated carbocycles. The van der Waals surface area contributed by atoms with Gasteiger partial charge in [-0.2, -0.15) is 0 Å². The van der Waals surface area contributed by atoms with Gasteiger partial charge in [-0.05, 0) is 49.4 Å². The Labute approximate surface area is 146 Å². The van der Waals surface area contributed by atoms with E-state index >= 15 is 0 Å². The van der Waals surface area contributed by atoms with Crippen molar-refractivity contribution >= 4 is 29.7 Å². The summed E-state index contributed by atoms with van der Waals surface area (Å²) in [7, 11) is 0. The predicted octanol–water partition coefficient (Wildman–Crippen LogP) is 4.13. The molecule has 3 rings (SSSR count). The van der Waals surface area contributed by atoms with Crippen LogP contribution >= 0.6 is 11.8 Å². The Morgan fingerprint density at radius 1 is 1.28 bits per heavy atom. The zero-order valence-electron chi connectivity index (χ0n) is 13.1. The van der Waals surface area contributed by atoms with Crippen LogP contribution in [0.15, 0.2) is 39.9 Å². The molecule has 0 saturated heterocycles. The number of hydrogen-bond acceptors (Lipinski definition) is 5. The molecular formula is C17H13F2N3O2S. The van der Waals surface area contributed by atoms with Gasteiger partial charge in [0.05, 0.1) is 11.3 Å². The fourth-order valence-corrected chi connectivity index (χ4v) is 2.71. The lowest BCUT2D eigenvalue weighted by Gasteiger charge is -2.01. The van der Waals surface area contributed by atoms with Crippen molar-refractivity contribution in [2.75, 3.05) is 5.75 Å². The first-order valence-electron chi connectivity index (χ1n) is 7.29. The van der Waals surface area contributed by atoms with Crippen LogP contribution in [0.2, 0.25) is 0 Å². The zero-order chi connectivity index (χ0) is 17.8. The van der Waals surface area contributed by atoms with E-state index in [1.54, 1.807) is 12.2 Å². The van der Waals surface area contributed by atoms with Crippen molar-refractivity contribution in [2.45, 2.75) is 12.1 Å². The van der Waals surface area contributed by atoms with E-state index in [0.29, 0.717) is 16.7 Å². The van der Waals surface area contributed by atoms with E-state index in [1.165, 1.54) is 0 Å². The number of thioether (sulfide) groups is 1. The minimum atomic E-state index is -0.751. The van der Waals surface area contributed by atoms with Crippen LogP contribution in [0, 0.1) is 18.6 Å². The van der Waals surface area contributed by atoms with Crippen LogP contribution in [0.25, 0.3) is 12.2 Å². The normalized spacial score (nSPS) is 11.3. The number of carbonyl (C=O) groups is 1. The fraction of sp³-hybridized carbons (Fsp3) is 0.118. The highest BCUT2D eigenvalue weighted by Crippen LogP contribution is 2.18. The standard InChI is InChI=1S/C17H13F2N3O2S/c1-10-2-4-12(24-10)5-7-16-20-17(22-21-16)25-9-15(23)13-8-11(18)3-6-14(13)19/h2-8H,9H2,1H3,(H,20,21,22). The molecule has 0 aliphatic heterocycles. The van der Waals surface area contributed by atoms with E-state index in [-0.39, 0.29) is 11.3 Å². The molecule has 25 heavy (non-hydrogen) atoms. The van der Waals surface area contributed by atoms with Gasteiger partial charge >= 0.3 is 0 Å². The third kappa shape index (κ3) is 4.42. The predicted molar refractivity (Wildman–Crippen MR) is 90.2 cm³/mol. The highest BCUT2D eigenvalue weighted by atomic mass is 32.2. The molecule has 0 spiro atoms. The molecule has 0 aliphatic rings. The molecule has 0 fully saturated rings. The summed E-state index contributed by atoms with van der Waals surface area (Å²) in [5.41, 5.74) is -0.281. The van der Waals surface area contributed by atoms with Gasteiger partial charge in [0.2, 0.25) is 5.16 Å². The largest absolute Gasteiger partial charge is 0.462 e. The number of carbonyl (C=O) groups excluding carboxylic acids is 1.